The van der Waals surface area contributed by atoms with Gasteiger partial charge in [0.25, 0.3) is 0 Å². The van der Waals surface area contributed by atoms with Crippen LogP contribution in [-0.4, -0.2) is 0 Å². The van der Waals surface area contributed by atoms with E-state index in [-0.39, 0.29) is 0 Å². The van der Waals surface area contributed by atoms with Gasteiger partial charge < -0.3 is 0 Å². The van der Waals surface area contributed by atoms with Gasteiger partial charge >= 0.3 is 0 Å². The molecule has 0 nitrogen and oxygen atoms in total. The topological polar surface area (TPSA) is 0 Å². The van der Waals surface area contributed by atoms with Crippen LogP contribution in [0.15, 0.2) is 53.9 Å². The van der Waals surface area contributed by atoms with Crippen LogP contribution in [0.1, 0.15) is 0 Å². The van der Waals surface area contributed by atoms with Crippen molar-refractivity contribution < 1.29 is 0 Å². The van der Waals surface area contributed by atoms with Crippen molar-refractivity contribution in [1.29, 1.82) is 0 Å². The number of rotatable bonds is 1. The van der Waals surface area contributed by atoms with Gasteiger partial charge in [-0.05, 0) is 23.1 Å². The molecule has 0 aliphatic carbocycles. The average molecular weight is 245 g/mol. The molecule has 78 valence electrons. The van der Waals surface area contributed by atoms with E-state index < -0.39 is 0 Å². The second-order valence-corrected chi connectivity index (χ2v) is 5.00. The van der Waals surface area contributed by atoms with E-state index in [1.165, 1.54) is 21.2 Å². The fourth-order valence-corrected chi connectivity index (χ4v) is 3.09. The van der Waals surface area contributed by atoms with Crippen molar-refractivity contribution in [2.45, 2.75) is 0 Å². The van der Waals surface area contributed by atoms with Gasteiger partial charge in [-0.3, -0.25) is 0 Å². The molecule has 2 heteroatoms. The molecule has 0 saturated heterocycles. The highest BCUT2D eigenvalue weighted by Crippen LogP contribution is 2.35. The van der Waals surface area contributed by atoms with Crippen LogP contribution in [0.2, 0.25) is 5.02 Å². The summed E-state index contributed by atoms with van der Waals surface area (Å²) < 4.78 is 1.24. The lowest BCUT2D eigenvalue weighted by Crippen LogP contribution is -1.73. The van der Waals surface area contributed by atoms with Crippen molar-refractivity contribution in [1.82, 2.24) is 0 Å². The predicted octanol–water partition coefficient (Wildman–Crippen LogP) is 5.22. The van der Waals surface area contributed by atoms with Gasteiger partial charge in [0, 0.05) is 20.7 Å². The Hall–Kier alpha value is -1.31. The Kier molecular flexibility index (Phi) is 2.43. The quantitative estimate of drug-likeness (QED) is 0.550. The first-order valence-corrected chi connectivity index (χ1v) is 6.32. The van der Waals surface area contributed by atoms with Crippen molar-refractivity contribution >= 4 is 33.0 Å². The van der Waals surface area contributed by atoms with Crippen LogP contribution >= 0.6 is 22.9 Å². The van der Waals surface area contributed by atoms with Gasteiger partial charge in [0.05, 0.1) is 0 Å². The van der Waals surface area contributed by atoms with Crippen LogP contribution in [0, 0.1) is 0 Å². The smallest absolute Gasteiger partial charge is 0.0420 e. The summed E-state index contributed by atoms with van der Waals surface area (Å²) in [5.41, 5.74) is 2.55. The van der Waals surface area contributed by atoms with Crippen LogP contribution in [0.4, 0.5) is 0 Å². The number of hydrogen-bond donors (Lipinski definition) is 0. The summed E-state index contributed by atoms with van der Waals surface area (Å²) in [5.74, 6) is 0. The Morgan fingerprint density at radius 3 is 2.56 bits per heavy atom. The van der Waals surface area contributed by atoms with E-state index in [4.69, 9.17) is 11.6 Å². The second-order valence-electron chi connectivity index (χ2n) is 3.66. The molecule has 0 unspecified atom stereocenters. The van der Waals surface area contributed by atoms with Gasteiger partial charge in [-0.2, -0.15) is 0 Å². The highest BCUT2D eigenvalue weighted by atomic mass is 35.5. The van der Waals surface area contributed by atoms with Gasteiger partial charge in [-0.15, -0.1) is 11.3 Å². The van der Waals surface area contributed by atoms with Gasteiger partial charge in [0.2, 0.25) is 0 Å². The average Bonchev–Trinajstić information content (AvgIpc) is 2.73. The number of thiophene rings is 1. The van der Waals surface area contributed by atoms with Crippen molar-refractivity contribution in [3.05, 3.63) is 58.9 Å². The molecule has 3 aromatic rings. The van der Waals surface area contributed by atoms with Crippen molar-refractivity contribution in [2.24, 2.45) is 0 Å². The highest BCUT2D eigenvalue weighted by molar-refractivity contribution is 7.17. The molecule has 0 N–H and O–H groups in total. The first kappa shape index (κ1) is 9.88. The van der Waals surface area contributed by atoms with E-state index in [1.807, 2.05) is 18.2 Å². The number of benzene rings is 2. The molecule has 0 spiro atoms. The zero-order chi connectivity index (χ0) is 11.0. The Morgan fingerprint density at radius 2 is 1.75 bits per heavy atom. The second kappa shape index (κ2) is 3.93. The van der Waals surface area contributed by atoms with Gasteiger partial charge in [-0.1, -0.05) is 48.0 Å². The summed E-state index contributed by atoms with van der Waals surface area (Å²) in [4.78, 5) is 0. The van der Waals surface area contributed by atoms with Crippen molar-refractivity contribution in [3.8, 4) is 11.1 Å². The maximum absolute atomic E-state index is 5.98. The minimum atomic E-state index is 0.800. The molecule has 0 fully saturated rings. The van der Waals surface area contributed by atoms with E-state index in [0.29, 0.717) is 0 Å². The third kappa shape index (κ3) is 1.62. The largest absolute Gasteiger partial charge is 0.143 e. The van der Waals surface area contributed by atoms with Crippen LogP contribution in [0.3, 0.4) is 0 Å². The molecule has 0 aliphatic heterocycles. The standard InChI is InChI=1S/C14H9ClS/c15-11-6-7-12-13(9-16-14(12)8-11)10-4-2-1-3-5-10/h1-9H. The monoisotopic (exact) mass is 244 g/mol. The van der Waals surface area contributed by atoms with E-state index in [1.54, 1.807) is 11.3 Å². The first-order chi connectivity index (χ1) is 7.84. The minimum absolute atomic E-state index is 0.800. The van der Waals surface area contributed by atoms with E-state index >= 15 is 0 Å². The Morgan fingerprint density at radius 1 is 0.938 bits per heavy atom. The molecule has 0 radical (unpaired) electrons. The molecule has 2 aromatic carbocycles. The van der Waals surface area contributed by atoms with Crippen molar-refractivity contribution in [2.75, 3.05) is 0 Å². The van der Waals surface area contributed by atoms with Crippen LogP contribution in [-0.2, 0) is 0 Å². The van der Waals surface area contributed by atoms with Gasteiger partial charge in [-0.25, -0.2) is 0 Å². The van der Waals surface area contributed by atoms with Crippen molar-refractivity contribution in [3.63, 3.8) is 0 Å². The molecule has 3 rings (SSSR count). The summed E-state index contributed by atoms with van der Waals surface area (Å²) in [6.07, 6.45) is 0. The van der Waals surface area contributed by atoms with E-state index in [9.17, 15) is 0 Å². The lowest BCUT2D eigenvalue weighted by atomic mass is 10.1. The maximum Gasteiger partial charge on any atom is 0.0420 e. The summed E-state index contributed by atoms with van der Waals surface area (Å²) in [5, 5.41) is 4.27. The molecule has 0 bridgehead atoms. The van der Waals surface area contributed by atoms with Crippen LogP contribution in [0.25, 0.3) is 21.2 Å². The predicted molar refractivity (Wildman–Crippen MR) is 72.3 cm³/mol. The third-order valence-electron chi connectivity index (χ3n) is 2.62. The van der Waals surface area contributed by atoms with Crippen LogP contribution < -0.4 is 0 Å². The number of hydrogen-bond acceptors (Lipinski definition) is 1. The zero-order valence-electron chi connectivity index (χ0n) is 8.48. The Labute approximate surface area is 103 Å². The normalized spacial score (nSPS) is 10.8. The minimum Gasteiger partial charge on any atom is -0.143 e. The SMILES string of the molecule is Clc1ccc2c(-c3ccccc3)csc2c1. The molecular formula is C14H9ClS. The van der Waals surface area contributed by atoms with Gasteiger partial charge in [0.15, 0.2) is 0 Å². The molecule has 0 atom stereocenters. The van der Waals surface area contributed by atoms with E-state index in [2.05, 4.69) is 35.7 Å². The van der Waals surface area contributed by atoms with E-state index in [0.717, 1.165) is 5.02 Å². The molecule has 1 aromatic heterocycles. The zero-order valence-corrected chi connectivity index (χ0v) is 10.1. The third-order valence-corrected chi connectivity index (χ3v) is 3.80. The van der Waals surface area contributed by atoms with Crippen LogP contribution in [0.5, 0.6) is 0 Å². The summed E-state index contributed by atoms with van der Waals surface area (Å²) in [6, 6.07) is 16.5. The molecule has 1 heterocycles. The Balaban J connectivity index is 2.26. The summed E-state index contributed by atoms with van der Waals surface area (Å²) in [7, 11) is 0. The number of halogens is 1. The summed E-state index contributed by atoms with van der Waals surface area (Å²) in [6.45, 7) is 0. The lowest BCUT2D eigenvalue weighted by Gasteiger charge is -1.99. The molecule has 0 saturated carbocycles. The molecule has 0 aliphatic rings. The molecular weight excluding hydrogens is 236 g/mol. The fourth-order valence-electron chi connectivity index (χ4n) is 1.84. The fraction of sp³-hybridized carbons (Fsp3) is 0. The summed E-state index contributed by atoms with van der Waals surface area (Å²) >= 11 is 7.72. The maximum atomic E-state index is 5.98. The van der Waals surface area contributed by atoms with Gasteiger partial charge in [0.1, 0.15) is 0 Å². The first-order valence-electron chi connectivity index (χ1n) is 5.07. The molecule has 0 amide bonds. The number of fused-ring (bicyclic) bond motifs is 1. The Bertz CT molecular complexity index is 626. The highest BCUT2D eigenvalue weighted by Gasteiger charge is 2.05. The lowest BCUT2D eigenvalue weighted by molar-refractivity contribution is 1.69. The molecule has 16 heavy (non-hydrogen) atoms.